The third kappa shape index (κ3) is 9.14. The summed E-state index contributed by atoms with van der Waals surface area (Å²) in [6, 6.07) is 15.3. The average molecular weight is 492 g/mol. The van der Waals surface area contributed by atoms with Crippen LogP contribution in [0.2, 0.25) is 0 Å². The maximum Gasteiger partial charge on any atom is 0.328 e. The van der Waals surface area contributed by atoms with Crippen LogP contribution < -0.4 is 22.1 Å². The van der Waals surface area contributed by atoms with Crippen molar-refractivity contribution in [1.29, 1.82) is 0 Å². The molecule has 0 aliphatic carbocycles. The normalized spacial score (nSPS) is 12.6. The minimum Gasteiger partial charge on any atom is -0.467 e. The molecule has 6 N–H and O–H groups in total. The lowest BCUT2D eigenvalue weighted by molar-refractivity contribution is -0.145. The van der Waals surface area contributed by atoms with Crippen molar-refractivity contribution in [3.63, 3.8) is 0 Å². The number of ether oxygens (including phenoxy) is 1. The van der Waals surface area contributed by atoms with Crippen molar-refractivity contribution in [2.45, 2.75) is 38.8 Å². The monoisotopic (exact) mass is 491 g/mol. The summed E-state index contributed by atoms with van der Waals surface area (Å²) in [4.78, 5) is 41.3. The van der Waals surface area contributed by atoms with E-state index in [1.165, 1.54) is 7.11 Å². The van der Waals surface area contributed by atoms with Gasteiger partial charge in [0.05, 0.1) is 13.7 Å². The van der Waals surface area contributed by atoms with E-state index < -0.39 is 29.9 Å². The number of carbonyl (C=O) groups is 3. The summed E-state index contributed by atoms with van der Waals surface area (Å²) in [5.41, 5.74) is 13.4. The number of nitrogens with one attached hydrogen (secondary N) is 2. The van der Waals surface area contributed by atoms with Crippen LogP contribution in [-0.2, 0) is 25.5 Å². The number of rotatable bonds is 10. The van der Waals surface area contributed by atoms with Crippen LogP contribution in [0.1, 0.15) is 37.0 Å². The minimum absolute atomic E-state index is 0.127. The number of nitrogens with zero attached hydrogens (tertiary/aromatic N) is 1. The molecule has 0 aliphatic heterocycles. The van der Waals surface area contributed by atoms with E-state index in [0.29, 0.717) is 6.42 Å². The number of aliphatic imine (C=N–C) groups is 1. The van der Waals surface area contributed by atoms with Crippen LogP contribution in [0, 0.1) is 17.8 Å². The number of esters is 1. The molecule has 0 radical (unpaired) electrons. The molecular formula is C27H33N5O4. The Morgan fingerprint density at radius 2 is 1.61 bits per heavy atom. The van der Waals surface area contributed by atoms with Crippen molar-refractivity contribution < 1.29 is 19.1 Å². The molecule has 0 saturated carbocycles. The Kier molecular flexibility index (Phi) is 11.0. The number of nitrogens with two attached hydrogens (primary N) is 2. The van der Waals surface area contributed by atoms with Crippen LogP contribution in [0.4, 0.5) is 0 Å². The highest BCUT2D eigenvalue weighted by atomic mass is 16.5. The molecule has 36 heavy (non-hydrogen) atoms. The van der Waals surface area contributed by atoms with E-state index in [0.717, 1.165) is 16.7 Å². The summed E-state index contributed by atoms with van der Waals surface area (Å²) in [5.74, 6) is 4.23. The molecule has 0 spiro atoms. The Bertz CT molecular complexity index is 1120. The molecular weight excluding hydrogens is 458 g/mol. The van der Waals surface area contributed by atoms with Crippen LogP contribution >= 0.6 is 0 Å². The van der Waals surface area contributed by atoms with Crippen LogP contribution in [0.3, 0.4) is 0 Å². The Hall–Kier alpha value is -4.32. The molecule has 0 saturated heterocycles. The van der Waals surface area contributed by atoms with Gasteiger partial charge in [-0.25, -0.2) is 9.79 Å². The third-order valence-corrected chi connectivity index (χ3v) is 5.50. The predicted molar refractivity (Wildman–Crippen MR) is 139 cm³/mol. The summed E-state index contributed by atoms with van der Waals surface area (Å²) in [7, 11) is 1.25. The first-order valence-corrected chi connectivity index (χ1v) is 11.6. The fourth-order valence-corrected chi connectivity index (χ4v) is 3.31. The maximum absolute atomic E-state index is 12.5. The fourth-order valence-electron chi connectivity index (χ4n) is 3.31. The molecule has 2 rings (SSSR count). The van der Waals surface area contributed by atoms with Crippen LogP contribution in [0.25, 0.3) is 0 Å². The van der Waals surface area contributed by atoms with Gasteiger partial charge in [0.2, 0.25) is 11.8 Å². The zero-order chi connectivity index (χ0) is 26.5. The Morgan fingerprint density at radius 1 is 1.00 bits per heavy atom. The molecule has 3 atom stereocenters. The van der Waals surface area contributed by atoms with Gasteiger partial charge in [0, 0.05) is 17.5 Å². The molecule has 0 aliphatic rings. The molecule has 0 aromatic heterocycles. The SMILES string of the molecule is CC[C@@H](C)[C@H](N=C(N)N)C(=O)NCC(=O)N[C@@H](Cc1ccc(C#Cc2ccccc2)cc1)C(=O)OC. The summed E-state index contributed by atoms with van der Waals surface area (Å²) in [5, 5.41) is 5.14. The second-order valence-electron chi connectivity index (χ2n) is 8.26. The van der Waals surface area contributed by atoms with Crippen LogP contribution in [-0.4, -0.2) is 49.5 Å². The van der Waals surface area contributed by atoms with E-state index in [1.807, 2.05) is 68.4 Å². The summed E-state index contributed by atoms with van der Waals surface area (Å²) < 4.78 is 4.84. The first-order chi connectivity index (χ1) is 17.2. The fraction of sp³-hybridized carbons (Fsp3) is 0.333. The van der Waals surface area contributed by atoms with Crippen LogP contribution in [0.15, 0.2) is 59.6 Å². The molecule has 190 valence electrons. The highest BCUT2D eigenvalue weighted by Gasteiger charge is 2.26. The van der Waals surface area contributed by atoms with Crippen molar-refractivity contribution in [3.8, 4) is 11.8 Å². The number of benzene rings is 2. The van der Waals surface area contributed by atoms with Crippen molar-refractivity contribution >= 4 is 23.7 Å². The maximum atomic E-state index is 12.5. The zero-order valence-electron chi connectivity index (χ0n) is 20.8. The average Bonchev–Trinajstić information content (AvgIpc) is 2.89. The molecule has 2 aromatic carbocycles. The quantitative estimate of drug-likeness (QED) is 0.169. The molecule has 0 heterocycles. The molecule has 2 aromatic rings. The number of guanidine groups is 1. The molecule has 9 nitrogen and oxygen atoms in total. The lowest BCUT2D eigenvalue weighted by atomic mass is 9.99. The molecule has 9 heteroatoms. The van der Waals surface area contributed by atoms with Gasteiger partial charge in [-0.1, -0.05) is 62.4 Å². The van der Waals surface area contributed by atoms with E-state index in [4.69, 9.17) is 16.2 Å². The Morgan fingerprint density at radius 3 is 2.17 bits per heavy atom. The summed E-state index contributed by atoms with van der Waals surface area (Å²) in [6.07, 6.45) is 0.879. The number of methoxy groups -OCH3 is 1. The van der Waals surface area contributed by atoms with Gasteiger partial charge < -0.3 is 26.8 Å². The second-order valence-corrected chi connectivity index (χ2v) is 8.26. The number of hydrogen-bond donors (Lipinski definition) is 4. The van der Waals surface area contributed by atoms with Gasteiger partial charge in [-0.15, -0.1) is 0 Å². The Labute approximate surface area is 211 Å². The lowest BCUT2D eigenvalue weighted by Gasteiger charge is -2.20. The van der Waals surface area contributed by atoms with Gasteiger partial charge in [-0.3, -0.25) is 9.59 Å². The minimum atomic E-state index is -0.927. The van der Waals surface area contributed by atoms with E-state index in [2.05, 4.69) is 27.5 Å². The van der Waals surface area contributed by atoms with Gasteiger partial charge in [-0.2, -0.15) is 0 Å². The highest BCUT2D eigenvalue weighted by Crippen LogP contribution is 2.12. The summed E-state index contributed by atoms with van der Waals surface area (Å²) >= 11 is 0. The van der Waals surface area contributed by atoms with Crippen molar-refractivity contribution in [1.82, 2.24) is 10.6 Å². The van der Waals surface area contributed by atoms with Crippen molar-refractivity contribution in [2.75, 3.05) is 13.7 Å². The van der Waals surface area contributed by atoms with Gasteiger partial charge in [0.15, 0.2) is 5.96 Å². The predicted octanol–water partition coefficient (Wildman–Crippen LogP) is 1.09. The first kappa shape index (κ1) is 27.9. The van der Waals surface area contributed by atoms with Crippen LogP contribution in [0.5, 0.6) is 0 Å². The van der Waals surface area contributed by atoms with Gasteiger partial charge >= 0.3 is 5.97 Å². The third-order valence-electron chi connectivity index (χ3n) is 5.50. The zero-order valence-corrected chi connectivity index (χ0v) is 20.8. The van der Waals surface area contributed by atoms with Gasteiger partial charge in [0.25, 0.3) is 0 Å². The van der Waals surface area contributed by atoms with Gasteiger partial charge in [0.1, 0.15) is 12.1 Å². The van der Waals surface area contributed by atoms with E-state index in [1.54, 1.807) is 0 Å². The molecule has 2 amide bonds. The lowest BCUT2D eigenvalue weighted by Crippen LogP contribution is -2.49. The van der Waals surface area contributed by atoms with Crippen molar-refractivity contribution in [2.24, 2.45) is 22.4 Å². The number of carbonyl (C=O) groups excluding carboxylic acids is 3. The highest BCUT2D eigenvalue weighted by molar-refractivity contribution is 5.91. The summed E-state index contributed by atoms with van der Waals surface area (Å²) in [6.45, 7) is 3.40. The smallest absolute Gasteiger partial charge is 0.328 e. The standard InChI is InChI=1S/C27H33N5O4/c1-4-18(2)24(32-27(28)29)25(34)30-17-23(33)31-22(26(35)36-3)16-21-14-12-20(13-15-21)11-10-19-8-6-5-7-9-19/h5-9,12-15,18,22,24H,4,16-17H2,1-3H3,(H,30,34)(H,31,33)(H4,28,29,32)/t18-,22+,24+/m1/s1. The van der Waals surface area contributed by atoms with Gasteiger partial charge in [-0.05, 0) is 35.7 Å². The largest absolute Gasteiger partial charge is 0.467 e. The molecule has 0 fully saturated rings. The first-order valence-electron chi connectivity index (χ1n) is 11.6. The van der Waals surface area contributed by atoms with E-state index in [-0.39, 0.29) is 24.8 Å². The van der Waals surface area contributed by atoms with E-state index >= 15 is 0 Å². The Balaban J connectivity index is 1.99. The molecule has 0 bridgehead atoms. The van der Waals surface area contributed by atoms with E-state index in [9.17, 15) is 14.4 Å². The second kappa shape index (κ2) is 14.2. The van der Waals surface area contributed by atoms with Crippen molar-refractivity contribution in [3.05, 3.63) is 71.3 Å². The molecule has 0 unspecified atom stereocenters. The number of amides is 2. The number of hydrogen-bond acceptors (Lipinski definition) is 5. The topological polar surface area (TPSA) is 149 Å².